The first-order valence-corrected chi connectivity index (χ1v) is 8.93. The van der Waals surface area contributed by atoms with E-state index in [2.05, 4.69) is 45.9 Å². The Morgan fingerprint density at radius 2 is 2.00 bits per heavy atom. The van der Waals surface area contributed by atoms with Gasteiger partial charge in [-0.1, -0.05) is 63.1 Å². The number of hydrogen-bond acceptors (Lipinski definition) is 1. The highest BCUT2D eigenvalue weighted by Gasteiger charge is 2.26. The molecule has 2 heteroatoms. The molecule has 0 radical (unpaired) electrons. The van der Waals surface area contributed by atoms with Crippen molar-refractivity contribution in [2.24, 2.45) is 5.41 Å². The molecule has 0 spiro atoms. The predicted molar refractivity (Wildman–Crippen MR) is 103 cm³/mol. The molecule has 0 unspecified atom stereocenters. The smallest absolute Gasteiger partial charge is 0.328 e. The molecule has 0 amide bonds. The lowest BCUT2D eigenvalue weighted by Gasteiger charge is -2.33. The van der Waals surface area contributed by atoms with Crippen molar-refractivity contribution in [2.75, 3.05) is 0 Å². The highest BCUT2D eigenvalue weighted by atomic mass is 16.4. The van der Waals surface area contributed by atoms with Gasteiger partial charge < -0.3 is 5.11 Å². The molecule has 0 aromatic carbocycles. The van der Waals surface area contributed by atoms with Gasteiger partial charge in [-0.25, -0.2) is 4.79 Å². The summed E-state index contributed by atoms with van der Waals surface area (Å²) in [5.41, 5.74) is 5.26. The quantitative estimate of drug-likeness (QED) is 0.434. The van der Waals surface area contributed by atoms with E-state index in [-0.39, 0.29) is 5.41 Å². The van der Waals surface area contributed by atoms with Gasteiger partial charge in [-0.05, 0) is 61.7 Å². The molecule has 0 aromatic rings. The molecule has 0 aliphatic heterocycles. The topological polar surface area (TPSA) is 37.3 Å². The van der Waals surface area contributed by atoms with Gasteiger partial charge in [0.15, 0.2) is 0 Å². The van der Waals surface area contributed by atoms with E-state index in [1.54, 1.807) is 6.92 Å². The summed E-state index contributed by atoms with van der Waals surface area (Å²) >= 11 is 0. The van der Waals surface area contributed by atoms with Crippen molar-refractivity contribution in [1.82, 2.24) is 0 Å². The maximum atomic E-state index is 10.6. The number of allylic oxidation sites excluding steroid dienone is 9. The van der Waals surface area contributed by atoms with E-state index >= 15 is 0 Å². The van der Waals surface area contributed by atoms with Gasteiger partial charge >= 0.3 is 5.97 Å². The van der Waals surface area contributed by atoms with Crippen LogP contribution in [-0.2, 0) is 4.79 Å². The molecule has 0 fully saturated rings. The van der Waals surface area contributed by atoms with Gasteiger partial charge in [-0.2, -0.15) is 0 Å². The van der Waals surface area contributed by atoms with Crippen LogP contribution in [0.5, 0.6) is 0 Å². The van der Waals surface area contributed by atoms with Crippen LogP contribution in [0, 0.1) is 5.41 Å². The van der Waals surface area contributed by atoms with Crippen LogP contribution in [0.1, 0.15) is 66.7 Å². The summed E-state index contributed by atoms with van der Waals surface area (Å²) in [6, 6.07) is 0. The monoisotopic (exact) mass is 328 g/mol. The Labute approximate surface area is 147 Å². The molecule has 0 atom stereocenters. The molecular weight excluding hydrogens is 296 g/mol. The van der Waals surface area contributed by atoms with E-state index in [1.807, 2.05) is 12.2 Å². The molecule has 1 aliphatic rings. The van der Waals surface area contributed by atoms with Crippen LogP contribution in [0.15, 0.2) is 58.7 Å². The zero-order valence-electron chi connectivity index (χ0n) is 15.9. The van der Waals surface area contributed by atoms with Crippen molar-refractivity contribution in [3.8, 4) is 0 Å². The highest BCUT2D eigenvalue weighted by molar-refractivity contribution is 5.81. The fourth-order valence-corrected chi connectivity index (χ4v) is 3.28. The van der Waals surface area contributed by atoms with Crippen LogP contribution in [-0.4, -0.2) is 11.1 Å². The Morgan fingerprint density at radius 3 is 2.58 bits per heavy atom. The molecule has 0 aromatic heterocycles. The standard InChI is InChI=1S/C22H32O2/c1-6-9-19(12-7-10-17(2)16-21(23)24)13-14-20-18(3)11-8-15-22(20,4)5/h7,10,12-14,16H,6,8-9,11,15H2,1-5H3,(H,23,24)/b10-7+,14-13+,17-16-,19-12-. The fraction of sp³-hybridized carbons (Fsp3) is 0.500. The second kappa shape index (κ2) is 9.46. The van der Waals surface area contributed by atoms with Gasteiger partial charge in [-0.15, -0.1) is 0 Å². The predicted octanol–water partition coefficient (Wildman–Crippen LogP) is 6.38. The summed E-state index contributed by atoms with van der Waals surface area (Å²) in [5, 5.41) is 8.74. The largest absolute Gasteiger partial charge is 0.478 e. The summed E-state index contributed by atoms with van der Waals surface area (Å²) in [7, 11) is 0. The Hall–Kier alpha value is -1.83. The minimum atomic E-state index is -0.906. The van der Waals surface area contributed by atoms with Gasteiger partial charge in [0.25, 0.3) is 0 Å². The lowest BCUT2D eigenvalue weighted by Crippen LogP contribution is -2.19. The number of rotatable bonds is 7. The van der Waals surface area contributed by atoms with Crippen LogP contribution >= 0.6 is 0 Å². The second-order valence-electron chi connectivity index (χ2n) is 7.34. The normalized spacial score (nSPS) is 19.5. The lowest BCUT2D eigenvalue weighted by molar-refractivity contribution is -0.131. The van der Waals surface area contributed by atoms with Crippen LogP contribution in [0.4, 0.5) is 0 Å². The van der Waals surface area contributed by atoms with Crippen molar-refractivity contribution < 1.29 is 9.90 Å². The first-order chi connectivity index (χ1) is 11.3. The van der Waals surface area contributed by atoms with E-state index in [9.17, 15) is 4.79 Å². The average molecular weight is 328 g/mol. The van der Waals surface area contributed by atoms with E-state index in [4.69, 9.17) is 5.11 Å². The third-order valence-electron chi connectivity index (χ3n) is 4.57. The lowest BCUT2D eigenvalue weighted by atomic mass is 9.72. The van der Waals surface area contributed by atoms with Gasteiger partial charge in [0.05, 0.1) is 0 Å². The number of carbonyl (C=O) groups is 1. The van der Waals surface area contributed by atoms with Gasteiger partial charge in [-0.3, -0.25) is 0 Å². The van der Waals surface area contributed by atoms with Crippen molar-refractivity contribution >= 4 is 5.97 Å². The van der Waals surface area contributed by atoms with Gasteiger partial charge in [0, 0.05) is 6.08 Å². The summed E-state index contributed by atoms with van der Waals surface area (Å²) in [5.74, 6) is -0.906. The number of carboxylic acid groups (broad SMARTS) is 1. The van der Waals surface area contributed by atoms with Crippen LogP contribution in [0.3, 0.4) is 0 Å². The Kier molecular flexibility index (Phi) is 7.97. The Bertz CT molecular complexity index is 595. The molecule has 1 rings (SSSR count). The number of aliphatic carboxylic acids is 1. The molecule has 132 valence electrons. The van der Waals surface area contributed by atoms with E-state index in [0.717, 1.165) is 18.4 Å². The molecule has 24 heavy (non-hydrogen) atoms. The highest BCUT2D eigenvalue weighted by Crippen LogP contribution is 2.40. The van der Waals surface area contributed by atoms with Crippen molar-refractivity contribution in [3.05, 3.63) is 58.7 Å². The third-order valence-corrected chi connectivity index (χ3v) is 4.57. The average Bonchev–Trinajstić information content (AvgIpc) is 2.45. The van der Waals surface area contributed by atoms with E-state index < -0.39 is 5.97 Å². The van der Waals surface area contributed by atoms with Crippen molar-refractivity contribution in [2.45, 2.75) is 66.7 Å². The molecule has 2 nitrogen and oxygen atoms in total. The maximum Gasteiger partial charge on any atom is 0.328 e. The summed E-state index contributed by atoms with van der Waals surface area (Å²) in [4.78, 5) is 10.6. The Balaban J connectivity index is 2.95. The van der Waals surface area contributed by atoms with Gasteiger partial charge in [0.2, 0.25) is 0 Å². The Morgan fingerprint density at radius 1 is 1.29 bits per heavy atom. The molecule has 0 saturated heterocycles. The minimum Gasteiger partial charge on any atom is -0.478 e. The summed E-state index contributed by atoms with van der Waals surface area (Å²) in [6.07, 6.45) is 17.5. The number of carboxylic acids is 1. The molecule has 1 N–H and O–H groups in total. The van der Waals surface area contributed by atoms with Crippen LogP contribution < -0.4 is 0 Å². The van der Waals surface area contributed by atoms with Gasteiger partial charge in [0.1, 0.15) is 0 Å². The molecule has 0 saturated carbocycles. The molecular formula is C22H32O2. The summed E-state index contributed by atoms with van der Waals surface area (Å²) < 4.78 is 0. The second-order valence-corrected chi connectivity index (χ2v) is 7.34. The van der Waals surface area contributed by atoms with Crippen molar-refractivity contribution in [1.29, 1.82) is 0 Å². The first kappa shape index (κ1) is 20.2. The SMILES string of the molecule is CCCC(=C/C=C/C(C)=C\C(=O)O)/C=C/C1=C(C)CCCC1(C)C. The maximum absolute atomic E-state index is 10.6. The third kappa shape index (κ3) is 6.74. The summed E-state index contributed by atoms with van der Waals surface area (Å²) in [6.45, 7) is 10.9. The number of hydrogen-bond donors (Lipinski definition) is 1. The molecule has 1 aliphatic carbocycles. The van der Waals surface area contributed by atoms with Crippen LogP contribution in [0.2, 0.25) is 0 Å². The van der Waals surface area contributed by atoms with Crippen LogP contribution in [0.25, 0.3) is 0 Å². The molecule has 0 bridgehead atoms. The zero-order valence-corrected chi connectivity index (χ0v) is 15.9. The zero-order chi connectivity index (χ0) is 18.2. The van der Waals surface area contributed by atoms with Crippen molar-refractivity contribution in [3.63, 3.8) is 0 Å². The minimum absolute atomic E-state index is 0.257. The fourth-order valence-electron chi connectivity index (χ4n) is 3.28. The van der Waals surface area contributed by atoms with E-state index in [0.29, 0.717) is 0 Å². The molecule has 0 heterocycles. The first-order valence-electron chi connectivity index (χ1n) is 8.93. The van der Waals surface area contributed by atoms with E-state index in [1.165, 1.54) is 42.1 Å².